The fraction of sp³-hybridized carbons (Fsp3) is 0.333. The van der Waals surface area contributed by atoms with Crippen LogP contribution >= 0.6 is 0 Å². The van der Waals surface area contributed by atoms with Gasteiger partial charge in [-0.1, -0.05) is 6.08 Å². The van der Waals surface area contributed by atoms with Crippen molar-refractivity contribution >= 4 is 26.2 Å². The third-order valence-electron chi connectivity index (χ3n) is 0. The SMILES string of the molecule is C=CC.[Bi]. The quantitative estimate of drug-likeness (QED) is 0.441. The van der Waals surface area contributed by atoms with Crippen LogP contribution in [-0.4, -0.2) is 26.2 Å². The van der Waals surface area contributed by atoms with E-state index in [4.69, 9.17) is 0 Å². The molecule has 0 aromatic carbocycles. The predicted molar refractivity (Wildman–Crippen MR) is 21.6 cm³/mol. The second-order valence-corrected chi connectivity index (χ2v) is 0.408. The van der Waals surface area contributed by atoms with Gasteiger partial charge >= 0.3 is 0 Å². The Bertz CT molecular complexity index is 10.8. The largest absolute Gasteiger partial charge is 0.103 e. The van der Waals surface area contributed by atoms with E-state index in [-0.39, 0.29) is 26.2 Å². The molecule has 0 unspecified atom stereocenters. The second-order valence-electron chi connectivity index (χ2n) is 0.408. The molecule has 0 saturated carbocycles. The molecule has 23 valence electrons. The van der Waals surface area contributed by atoms with Gasteiger partial charge in [-0.3, -0.25) is 0 Å². The summed E-state index contributed by atoms with van der Waals surface area (Å²) in [6.45, 7) is 5.25. The average Bonchev–Trinajstić information content (AvgIpc) is 0.918. The maximum atomic E-state index is 3.36. The van der Waals surface area contributed by atoms with Crippen LogP contribution in [-0.2, 0) is 0 Å². The first-order valence-electron chi connectivity index (χ1n) is 0.986. The molecule has 0 aliphatic heterocycles. The summed E-state index contributed by atoms with van der Waals surface area (Å²) in [6, 6.07) is 0. The molecule has 0 saturated heterocycles. The van der Waals surface area contributed by atoms with E-state index in [0.717, 1.165) is 0 Å². The van der Waals surface area contributed by atoms with Gasteiger partial charge in [-0.05, 0) is 6.92 Å². The van der Waals surface area contributed by atoms with Crippen molar-refractivity contribution in [3.05, 3.63) is 12.7 Å². The number of rotatable bonds is 0. The van der Waals surface area contributed by atoms with Crippen molar-refractivity contribution in [1.82, 2.24) is 0 Å². The van der Waals surface area contributed by atoms with Crippen molar-refractivity contribution in [3.8, 4) is 0 Å². The Hall–Kier alpha value is 0.623. The van der Waals surface area contributed by atoms with Gasteiger partial charge in [0.05, 0.1) is 0 Å². The topological polar surface area (TPSA) is 0 Å². The van der Waals surface area contributed by atoms with Crippen LogP contribution in [0.2, 0.25) is 0 Å². The fourth-order valence-corrected chi connectivity index (χ4v) is 0. The van der Waals surface area contributed by atoms with Gasteiger partial charge in [-0.25, -0.2) is 0 Å². The van der Waals surface area contributed by atoms with E-state index in [2.05, 4.69) is 6.58 Å². The standard InChI is InChI=1S/C3H6.Bi/c1-3-2;/h3H,1H2,2H3;. The van der Waals surface area contributed by atoms with Crippen molar-refractivity contribution in [2.75, 3.05) is 0 Å². The van der Waals surface area contributed by atoms with Gasteiger partial charge in [0.25, 0.3) is 0 Å². The summed E-state index contributed by atoms with van der Waals surface area (Å²) in [5, 5.41) is 0. The van der Waals surface area contributed by atoms with E-state index < -0.39 is 0 Å². The van der Waals surface area contributed by atoms with E-state index in [1.165, 1.54) is 0 Å². The maximum absolute atomic E-state index is 3.36. The second kappa shape index (κ2) is 9.46. The molecule has 0 aliphatic rings. The maximum Gasteiger partial charge on any atom is 0 e. The molecule has 0 aromatic heterocycles. The Labute approximate surface area is 46.0 Å². The molecule has 0 heterocycles. The Morgan fingerprint density at radius 2 is 1.75 bits per heavy atom. The summed E-state index contributed by atoms with van der Waals surface area (Å²) in [4.78, 5) is 0. The molecule has 0 amide bonds. The minimum Gasteiger partial charge on any atom is -0.103 e. The molecule has 0 aromatic rings. The van der Waals surface area contributed by atoms with Crippen LogP contribution in [0.3, 0.4) is 0 Å². The van der Waals surface area contributed by atoms with E-state index in [9.17, 15) is 0 Å². The zero-order valence-electron chi connectivity index (χ0n) is 2.73. The normalized spacial score (nSPS) is 3.25. The van der Waals surface area contributed by atoms with Gasteiger partial charge in [-0.15, -0.1) is 6.58 Å². The molecule has 0 atom stereocenters. The van der Waals surface area contributed by atoms with Crippen molar-refractivity contribution in [2.45, 2.75) is 6.92 Å². The van der Waals surface area contributed by atoms with Crippen molar-refractivity contribution in [3.63, 3.8) is 0 Å². The summed E-state index contributed by atoms with van der Waals surface area (Å²) < 4.78 is 0. The molecule has 3 radical (unpaired) electrons. The third kappa shape index (κ3) is 17.8. The smallest absolute Gasteiger partial charge is 0 e. The molecular formula is C3H6Bi. The summed E-state index contributed by atoms with van der Waals surface area (Å²) >= 11 is 0. The van der Waals surface area contributed by atoms with Crippen LogP contribution < -0.4 is 0 Å². The minimum absolute atomic E-state index is 0. The molecule has 0 fully saturated rings. The van der Waals surface area contributed by atoms with Gasteiger partial charge in [0.1, 0.15) is 0 Å². The monoisotopic (exact) mass is 251 g/mol. The first-order valence-corrected chi connectivity index (χ1v) is 0.986. The van der Waals surface area contributed by atoms with E-state index in [1.54, 1.807) is 6.08 Å². The first kappa shape index (κ1) is 8.82. The summed E-state index contributed by atoms with van der Waals surface area (Å²) in [6.07, 6.45) is 1.75. The zero-order chi connectivity index (χ0) is 2.71. The molecule has 4 heavy (non-hydrogen) atoms. The molecule has 0 nitrogen and oxygen atoms in total. The minimum atomic E-state index is 0. The molecule has 0 spiro atoms. The van der Waals surface area contributed by atoms with Gasteiger partial charge in [0, 0.05) is 26.2 Å². The molecule has 0 N–H and O–H groups in total. The van der Waals surface area contributed by atoms with Crippen LogP contribution in [0.15, 0.2) is 12.7 Å². The molecule has 1 heteroatoms. The predicted octanol–water partition coefficient (Wildman–Crippen LogP) is 0.811. The molecule has 0 bridgehead atoms. The molecular weight excluding hydrogens is 245 g/mol. The number of hydrogen-bond donors (Lipinski definition) is 0. The number of hydrogen-bond acceptors (Lipinski definition) is 0. The zero-order valence-corrected chi connectivity index (χ0v) is 6.21. The number of allylic oxidation sites excluding steroid dienone is 1. The Balaban J connectivity index is 0. The van der Waals surface area contributed by atoms with Crippen LogP contribution in [0, 0.1) is 0 Å². The van der Waals surface area contributed by atoms with Gasteiger partial charge < -0.3 is 0 Å². The molecule has 0 aliphatic carbocycles. The van der Waals surface area contributed by atoms with Gasteiger partial charge in [0.2, 0.25) is 0 Å². The van der Waals surface area contributed by atoms with Gasteiger partial charge in [0.15, 0.2) is 0 Å². The molecule has 0 rings (SSSR count). The van der Waals surface area contributed by atoms with Crippen molar-refractivity contribution in [1.29, 1.82) is 0 Å². The Morgan fingerprint density at radius 3 is 1.75 bits per heavy atom. The average molecular weight is 251 g/mol. The van der Waals surface area contributed by atoms with E-state index in [1.807, 2.05) is 6.92 Å². The van der Waals surface area contributed by atoms with Crippen LogP contribution in [0.5, 0.6) is 0 Å². The Morgan fingerprint density at radius 1 is 1.75 bits per heavy atom. The van der Waals surface area contributed by atoms with Crippen molar-refractivity contribution in [2.24, 2.45) is 0 Å². The van der Waals surface area contributed by atoms with Crippen LogP contribution in [0.1, 0.15) is 6.92 Å². The van der Waals surface area contributed by atoms with Crippen LogP contribution in [0.25, 0.3) is 0 Å². The first-order chi connectivity index (χ1) is 1.41. The summed E-state index contributed by atoms with van der Waals surface area (Å²) in [5.74, 6) is 0. The van der Waals surface area contributed by atoms with E-state index >= 15 is 0 Å². The Kier molecular flexibility index (Phi) is 20.9. The van der Waals surface area contributed by atoms with E-state index in [0.29, 0.717) is 0 Å². The fourth-order valence-electron chi connectivity index (χ4n) is 0. The van der Waals surface area contributed by atoms with Crippen LogP contribution in [0.4, 0.5) is 0 Å². The summed E-state index contributed by atoms with van der Waals surface area (Å²) in [5.41, 5.74) is 0. The third-order valence-corrected chi connectivity index (χ3v) is 0. The van der Waals surface area contributed by atoms with Crippen molar-refractivity contribution < 1.29 is 0 Å². The summed E-state index contributed by atoms with van der Waals surface area (Å²) in [7, 11) is 0. The van der Waals surface area contributed by atoms with Gasteiger partial charge in [-0.2, -0.15) is 0 Å².